The number of benzene rings is 2. The Kier molecular flexibility index (Phi) is 3.66. The topological polar surface area (TPSA) is 53.6 Å². The molecule has 110 valence electrons. The van der Waals surface area contributed by atoms with Gasteiger partial charge in [-0.05, 0) is 42.5 Å². The van der Waals surface area contributed by atoms with Crippen molar-refractivity contribution >= 4 is 22.9 Å². The van der Waals surface area contributed by atoms with Gasteiger partial charge in [-0.3, -0.25) is 0 Å². The molecule has 2 aromatic carbocycles. The number of aliphatic hydroxyl groups is 1. The molecule has 0 saturated heterocycles. The first-order chi connectivity index (χ1) is 10.7. The van der Waals surface area contributed by atoms with Crippen LogP contribution in [0, 0.1) is 0 Å². The Bertz CT molecular complexity index is 833. The lowest BCUT2D eigenvalue weighted by Gasteiger charge is -2.02. The smallest absolute Gasteiger partial charge is 0.260 e. The van der Waals surface area contributed by atoms with Gasteiger partial charge in [-0.1, -0.05) is 6.07 Å². The molecule has 0 bridgehead atoms. The van der Waals surface area contributed by atoms with Crippen molar-refractivity contribution in [2.75, 3.05) is 7.11 Å². The molecule has 0 unspecified atom stereocenters. The highest BCUT2D eigenvalue weighted by Crippen LogP contribution is 2.21. The lowest BCUT2D eigenvalue weighted by Crippen LogP contribution is -2.26. The monoisotopic (exact) mass is 294 g/mol. The van der Waals surface area contributed by atoms with Crippen molar-refractivity contribution in [3.05, 3.63) is 66.4 Å². The summed E-state index contributed by atoms with van der Waals surface area (Å²) in [6.45, 7) is 0. The molecule has 4 nitrogen and oxygen atoms in total. The summed E-state index contributed by atoms with van der Waals surface area (Å²) in [6, 6.07) is 16.2. The number of ether oxygens (including phenoxy) is 1. The van der Waals surface area contributed by atoms with Crippen molar-refractivity contribution in [3.63, 3.8) is 0 Å². The normalized spacial score (nSPS) is 11.6. The van der Waals surface area contributed by atoms with Crippen LogP contribution in [0.1, 0.15) is 5.56 Å². The van der Waals surface area contributed by atoms with E-state index < -0.39 is 0 Å². The van der Waals surface area contributed by atoms with E-state index in [2.05, 4.69) is 0 Å². The molecule has 1 aromatic heterocycles. The number of hydrogen-bond acceptors (Lipinski definition) is 3. The molecule has 3 rings (SSSR count). The molecule has 0 saturated carbocycles. The Labute approximate surface area is 128 Å². The molecule has 2 N–H and O–H groups in total. The first kappa shape index (κ1) is 13.9. The van der Waals surface area contributed by atoms with Crippen LogP contribution < -0.4 is 9.30 Å². The van der Waals surface area contributed by atoms with E-state index in [9.17, 15) is 10.2 Å². The van der Waals surface area contributed by atoms with Crippen LogP contribution in [0.2, 0.25) is 0 Å². The third kappa shape index (κ3) is 2.59. The number of para-hydroxylation sites is 1. The first-order valence-electron chi connectivity index (χ1n) is 6.86. The van der Waals surface area contributed by atoms with Crippen LogP contribution in [0.25, 0.3) is 22.9 Å². The molecule has 0 spiro atoms. The zero-order valence-electron chi connectivity index (χ0n) is 12.1. The van der Waals surface area contributed by atoms with E-state index in [1.165, 1.54) is 0 Å². The molecule has 1 heterocycles. The van der Waals surface area contributed by atoms with Gasteiger partial charge >= 0.3 is 0 Å². The van der Waals surface area contributed by atoms with Crippen LogP contribution in [0.15, 0.2) is 60.8 Å². The molecular formula is C18H16NO3+. The van der Waals surface area contributed by atoms with Gasteiger partial charge in [-0.15, -0.1) is 0 Å². The average molecular weight is 294 g/mol. The van der Waals surface area contributed by atoms with Crippen molar-refractivity contribution < 1.29 is 19.5 Å². The second-order valence-corrected chi connectivity index (χ2v) is 4.87. The molecule has 0 aliphatic heterocycles. The third-order valence-electron chi connectivity index (χ3n) is 3.47. The van der Waals surface area contributed by atoms with E-state index in [-0.39, 0.29) is 11.5 Å². The van der Waals surface area contributed by atoms with E-state index in [1.54, 1.807) is 60.5 Å². The Morgan fingerprint density at radius 3 is 2.50 bits per heavy atom. The lowest BCUT2D eigenvalue weighted by atomic mass is 10.1. The lowest BCUT2D eigenvalue weighted by molar-refractivity contribution is -0.539. The third-order valence-corrected chi connectivity index (χ3v) is 3.47. The Hall–Kier alpha value is -3.01. The molecule has 0 aliphatic rings. The number of aromatic hydroxyl groups is 1. The van der Waals surface area contributed by atoms with Gasteiger partial charge in [0.1, 0.15) is 5.75 Å². The van der Waals surface area contributed by atoms with E-state index in [4.69, 9.17) is 4.74 Å². The van der Waals surface area contributed by atoms with Gasteiger partial charge in [-0.25, -0.2) is 0 Å². The van der Waals surface area contributed by atoms with Crippen LogP contribution >= 0.6 is 0 Å². The highest BCUT2D eigenvalue weighted by molar-refractivity contribution is 5.82. The quantitative estimate of drug-likeness (QED) is 0.575. The molecule has 0 fully saturated rings. The van der Waals surface area contributed by atoms with Crippen molar-refractivity contribution in [1.82, 2.24) is 0 Å². The highest BCUT2D eigenvalue weighted by Gasteiger charge is 2.13. The largest absolute Gasteiger partial charge is 0.502 e. The Morgan fingerprint density at radius 2 is 1.77 bits per heavy atom. The maximum Gasteiger partial charge on any atom is 0.260 e. The molecular weight excluding hydrogens is 278 g/mol. The summed E-state index contributed by atoms with van der Waals surface area (Å²) in [5.74, 6) is 0.993. The van der Waals surface area contributed by atoms with Crippen molar-refractivity contribution in [2.45, 2.75) is 0 Å². The number of methoxy groups -OCH3 is 1. The predicted octanol–water partition coefficient (Wildman–Crippen LogP) is 3.36. The summed E-state index contributed by atoms with van der Waals surface area (Å²) in [5, 5.41) is 21.3. The zero-order valence-corrected chi connectivity index (χ0v) is 12.1. The van der Waals surface area contributed by atoms with Crippen LogP contribution in [0.4, 0.5) is 0 Å². The molecule has 0 aliphatic carbocycles. The number of aromatic nitrogens is 1. The number of fused-ring (bicyclic) bond motifs is 1. The van der Waals surface area contributed by atoms with Crippen LogP contribution in [0.3, 0.4) is 0 Å². The number of phenols is 1. The second-order valence-electron chi connectivity index (χ2n) is 4.87. The summed E-state index contributed by atoms with van der Waals surface area (Å²) in [6.07, 6.45) is 3.35. The van der Waals surface area contributed by atoms with Gasteiger partial charge in [0.05, 0.1) is 12.5 Å². The minimum Gasteiger partial charge on any atom is -0.502 e. The molecule has 0 amide bonds. The number of nitrogens with zero attached hydrogens (tertiary/aromatic N) is 1. The number of rotatable bonds is 3. The van der Waals surface area contributed by atoms with Gasteiger partial charge in [0.2, 0.25) is 6.20 Å². The fourth-order valence-electron chi connectivity index (χ4n) is 2.35. The Balaban J connectivity index is 2.07. The van der Waals surface area contributed by atoms with Crippen molar-refractivity contribution in [2.24, 2.45) is 0 Å². The van der Waals surface area contributed by atoms with Gasteiger partial charge in [0.15, 0.2) is 17.7 Å². The fraction of sp³-hybridized carbons (Fsp3) is 0.0556. The van der Waals surface area contributed by atoms with Crippen LogP contribution in [-0.2, 0) is 0 Å². The molecule has 3 aromatic rings. The van der Waals surface area contributed by atoms with Gasteiger partial charge in [0, 0.05) is 11.6 Å². The number of hydrogen-bond donors (Lipinski definition) is 2. The highest BCUT2D eigenvalue weighted by atomic mass is 16.5. The summed E-state index contributed by atoms with van der Waals surface area (Å²) in [4.78, 5) is 0. The van der Waals surface area contributed by atoms with E-state index in [1.807, 2.05) is 18.2 Å². The van der Waals surface area contributed by atoms with E-state index in [0.717, 1.165) is 11.1 Å². The van der Waals surface area contributed by atoms with Gasteiger partial charge in [-0.2, -0.15) is 4.57 Å². The average Bonchev–Trinajstić information content (AvgIpc) is 2.55. The number of aliphatic hydroxyl groups excluding tert-OH is 1. The van der Waals surface area contributed by atoms with Crippen LogP contribution in [0.5, 0.6) is 11.5 Å². The van der Waals surface area contributed by atoms with Crippen molar-refractivity contribution in [1.29, 1.82) is 0 Å². The fourth-order valence-corrected chi connectivity index (χ4v) is 2.35. The molecule has 0 radical (unpaired) electrons. The zero-order chi connectivity index (χ0) is 15.5. The first-order valence-corrected chi connectivity index (χ1v) is 6.86. The number of pyridine rings is 1. The predicted molar refractivity (Wildman–Crippen MR) is 85.6 cm³/mol. The minimum absolute atomic E-state index is 0.100. The summed E-state index contributed by atoms with van der Waals surface area (Å²) >= 11 is 0. The second kappa shape index (κ2) is 5.77. The molecule has 4 heteroatoms. The maximum atomic E-state index is 10.3. The SMILES string of the molecule is COc1ccc(/C(O)=C/[n+]2cccc3cccc(O)c32)cc1. The minimum atomic E-state index is 0.100. The van der Waals surface area contributed by atoms with E-state index in [0.29, 0.717) is 11.1 Å². The van der Waals surface area contributed by atoms with E-state index >= 15 is 0 Å². The Morgan fingerprint density at radius 1 is 1.05 bits per heavy atom. The summed E-state index contributed by atoms with van der Waals surface area (Å²) < 4.78 is 6.80. The molecule has 22 heavy (non-hydrogen) atoms. The van der Waals surface area contributed by atoms with Crippen LogP contribution in [-0.4, -0.2) is 17.3 Å². The maximum absolute atomic E-state index is 10.3. The standard InChI is InChI=1S/C18H15NO3/c1-22-15-9-7-13(8-10-15)17(21)12-19-11-3-5-14-4-2-6-16(20)18(14)19/h2-12H,1H3,(H-,20,21)/p+1/b17-12-. The van der Waals surface area contributed by atoms with Crippen molar-refractivity contribution in [3.8, 4) is 11.5 Å². The summed E-state index contributed by atoms with van der Waals surface area (Å²) in [5.41, 5.74) is 1.31. The number of phenolic OH excluding ortho intramolecular Hbond substituents is 1. The van der Waals surface area contributed by atoms with Gasteiger partial charge in [0.25, 0.3) is 5.52 Å². The van der Waals surface area contributed by atoms with Gasteiger partial charge < -0.3 is 14.9 Å². The summed E-state index contributed by atoms with van der Waals surface area (Å²) in [7, 11) is 1.60. The molecule has 0 atom stereocenters.